The summed E-state index contributed by atoms with van der Waals surface area (Å²) in [4.78, 5) is 27.3. The summed E-state index contributed by atoms with van der Waals surface area (Å²) in [5, 5.41) is 3.26. The Kier molecular flexibility index (Phi) is 6.89. The molecule has 5 heteroatoms. The standard InChI is InChI=1S/C22H32N2O3/c1-27-16-13-22(23-21(26)19-9-3-2-4-10-19)11-14-24(15-12-22)20(25)17-18-7-5-6-8-18/h2-4,9-10,18H,5-8,11-17H2,1H3,(H,23,26). The molecule has 148 valence electrons. The second kappa shape index (κ2) is 9.36. The molecular formula is C22H32N2O3. The highest BCUT2D eigenvalue weighted by Crippen LogP contribution is 2.30. The molecule has 5 nitrogen and oxygen atoms in total. The van der Waals surface area contributed by atoms with Gasteiger partial charge in [0.1, 0.15) is 0 Å². The molecule has 0 unspecified atom stereocenters. The number of carbonyl (C=O) groups is 2. The van der Waals surface area contributed by atoms with Crippen molar-refractivity contribution in [2.75, 3.05) is 26.8 Å². The van der Waals surface area contributed by atoms with E-state index < -0.39 is 0 Å². The van der Waals surface area contributed by atoms with E-state index in [-0.39, 0.29) is 17.4 Å². The zero-order valence-corrected chi connectivity index (χ0v) is 16.4. The molecule has 1 aromatic rings. The first-order valence-electron chi connectivity index (χ1n) is 10.3. The molecule has 1 aliphatic carbocycles. The minimum Gasteiger partial charge on any atom is -0.385 e. The molecule has 1 aromatic carbocycles. The van der Waals surface area contributed by atoms with Gasteiger partial charge in [0.15, 0.2) is 0 Å². The first kappa shape index (κ1) is 19.9. The Morgan fingerprint density at radius 2 is 1.81 bits per heavy atom. The van der Waals surface area contributed by atoms with Gasteiger partial charge >= 0.3 is 0 Å². The van der Waals surface area contributed by atoms with Crippen LogP contribution in [0.2, 0.25) is 0 Å². The average molecular weight is 373 g/mol. The van der Waals surface area contributed by atoms with Gasteiger partial charge in [0, 0.05) is 44.3 Å². The van der Waals surface area contributed by atoms with Gasteiger partial charge in [0.2, 0.25) is 5.91 Å². The Morgan fingerprint density at radius 3 is 2.44 bits per heavy atom. The van der Waals surface area contributed by atoms with Gasteiger partial charge < -0.3 is 15.0 Å². The van der Waals surface area contributed by atoms with E-state index in [0.717, 1.165) is 19.3 Å². The highest BCUT2D eigenvalue weighted by atomic mass is 16.5. The minimum absolute atomic E-state index is 0.0440. The van der Waals surface area contributed by atoms with Gasteiger partial charge in [-0.25, -0.2) is 0 Å². The molecule has 2 fully saturated rings. The average Bonchev–Trinajstić information content (AvgIpc) is 3.20. The molecule has 0 atom stereocenters. The summed E-state index contributed by atoms with van der Waals surface area (Å²) in [6.07, 6.45) is 7.97. The van der Waals surface area contributed by atoms with Gasteiger partial charge in [-0.2, -0.15) is 0 Å². The quantitative estimate of drug-likeness (QED) is 0.798. The van der Waals surface area contributed by atoms with Gasteiger partial charge in [-0.1, -0.05) is 31.0 Å². The first-order valence-corrected chi connectivity index (χ1v) is 10.3. The largest absolute Gasteiger partial charge is 0.385 e. The maximum Gasteiger partial charge on any atom is 0.251 e. The number of benzene rings is 1. The zero-order chi connectivity index (χ0) is 19.1. The Hall–Kier alpha value is -1.88. The molecule has 2 aliphatic rings. The van der Waals surface area contributed by atoms with Crippen LogP contribution in [0.15, 0.2) is 30.3 Å². The number of methoxy groups -OCH3 is 1. The summed E-state index contributed by atoms with van der Waals surface area (Å²) in [5.74, 6) is 0.824. The molecule has 0 radical (unpaired) electrons. The van der Waals surface area contributed by atoms with Crippen molar-refractivity contribution < 1.29 is 14.3 Å². The van der Waals surface area contributed by atoms with Crippen LogP contribution in [-0.4, -0.2) is 49.1 Å². The van der Waals surface area contributed by atoms with Crippen molar-refractivity contribution in [3.05, 3.63) is 35.9 Å². The summed E-state index contributed by atoms with van der Waals surface area (Å²) < 4.78 is 5.29. The van der Waals surface area contributed by atoms with Gasteiger partial charge in [0.05, 0.1) is 0 Å². The minimum atomic E-state index is -0.299. The SMILES string of the molecule is COCCC1(NC(=O)c2ccccc2)CCN(C(=O)CC2CCCC2)CC1. The Bertz CT molecular complexity index is 618. The van der Waals surface area contributed by atoms with Crippen molar-refractivity contribution in [1.29, 1.82) is 0 Å². The lowest BCUT2D eigenvalue weighted by atomic mass is 9.84. The summed E-state index contributed by atoms with van der Waals surface area (Å²) in [7, 11) is 1.69. The Balaban J connectivity index is 1.59. The third-order valence-electron chi connectivity index (χ3n) is 6.21. The van der Waals surface area contributed by atoms with Gasteiger partial charge in [0.25, 0.3) is 5.91 Å². The number of rotatable bonds is 7. The van der Waals surface area contributed by atoms with Crippen LogP contribution in [-0.2, 0) is 9.53 Å². The van der Waals surface area contributed by atoms with Crippen LogP contribution in [0.25, 0.3) is 0 Å². The summed E-state index contributed by atoms with van der Waals surface area (Å²) >= 11 is 0. The molecule has 0 aromatic heterocycles. The number of nitrogens with one attached hydrogen (secondary N) is 1. The van der Waals surface area contributed by atoms with Crippen LogP contribution in [0.4, 0.5) is 0 Å². The predicted octanol–water partition coefficient (Wildman–Crippen LogP) is 3.39. The maximum absolute atomic E-state index is 12.7. The predicted molar refractivity (Wildman–Crippen MR) is 106 cm³/mol. The molecular weight excluding hydrogens is 340 g/mol. The fraction of sp³-hybridized carbons (Fsp3) is 0.636. The summed E-state index contributed by atoms with van der Waals surface area (Å²) in [6, 6.07) is 9.33. The van der Waals surface area contributed by atoms with Gasteiger partial charge in [-0.15, -0.1) is 0 Å². The van der Waals surface area contributed by atoms with Crippen LogP contribution in [0.1, 0.15) is 61.7 Å². The first-order chi connectivity index (χ1) is 13.1. The van der Waals surface area contributed by atoms with Crippen LogP contribution < -0.4 is 5.32 Å². The second-order valence-corrected chi connectivity index (χ2v) is 8.08. The number of carbonyl (C=O) groups excluding carboxylic acids is 2. The van der Waals surface area contributed by atoms with E-state index in [1.807, 2.05) is 35.2 Å². The van der Waals surface area contributed by atoms with Crippen molar-refractivity contribution in [3.63, 3.8) is 0 Å². The summed E-state index contributed by atoms with van der Waals surface area (Å²) in [6.45, 7) is 2.03. The van der Waals surface area contributed by atoms with E-state index in [1.54, 1.807) is 7.11 Å². The molecule has 0 spiro atoms. The second-order valence-electron chi connectivity index (χ2n) is 8.08. The number of amides is 2. The van der Waals surface area contributed by atoms with Crippen LogP contribution in [0, 0.1) is 5.92 Å². The van der Waals surface area contributed by atoms with E-state index in [4.69, 9.17) is 4.74 Å². The van der Waals surface area contributed by atoms with Crippen LogP contribution in [0.5, 0.6) is 0 Å². The Labute approximate surface area is 162 Å². The molecule has 3 rings (SSSR count). The molecule has 0 bridgehead atoms. The molecule has 1 saturated heterocycles. The Morgan fingerprint density at radius 1 is 1.15 bits per heavy atom. The van der Waals surface area contributed by atoms with Crippen LogP contribution >= 0.6 is 0 Å². The molecule has 2 amide bonds. The van der Waals surface area contributed by atoms with Crippen molar-refractivity contribution in [2.45, 2.75) is 56.9 Å². The third-order valence-corrected chi connectivity index (χ3v) is 6.21. The van der Waals surface area contributed by atoms with E-state index in [0.29, 0.717) is 37.6 Å². The number of nitrogens with zero attached hydrogens (tertiary/aromatic N) is 1. The molecule has 27 heavy (non-hydrogen) atoms. The number of hydrogen-bond acceptors (Lipinski definition) is 3. The lowest BCUT2D eigenvalue weighted by Crippen LogP contribution is -2.56. The highest BCUT2D eigenvalue weighted by molar-refractivity contribution is 5.94. The smallest absolute Gasteiger partial charge is 0.251 e. The summed E-state index contributed by atoms with van der Waals surface area (Å²) in [5.41, 5.74) is 0.376. The van der Waals surface area contributed by atoms with Crippen molar-refractivity contribution >= 4 is 11.8 Å². The monoisotopic (exact) mass is 372 g/mol. The zero-order valence-electron chi connectivity index (χ0n) is 16.4. The van der Waals surface area contributed by atoms with E-state index in [1.165, 1.54) is 25.7 Å². The van der Waals surface area contributed by atoms with Crippen molar-refractivity contribution in [2.24, 2.45) is 5.92 Å². The van der Waals surface area contributed by atoms with Gasteiger partial charge in [-0.05, 0) is 50.2 Å². The van der Waals surface area contributed by atoms with E-state index in [2.05, 4.69) is 5.32 Å². The lowest BCUT2D eigenvalue weighted by molar-refractivity contribution is -0.134. The van der Waals surface area contributed by atoms with Crippen molar-refractivity contribution in [3.8, 4) is 0 Å². The maximum atomic E-state index is 12.7. The topological polar surface area (TPSA) is 58.6 Å². The fourth-order valence-corrected chi connectivity index (χ4v) is 4.41. The normalized spacial score (nSPS) is 19.8. The highest BCUT2D eigenvalue weighted by Gasteiger charge is 2.37. The molecule has 1 saturated carbocycles. The van der Waals surface area contributed by atoms with Crippen LogP contribution in [0.3, 0.4) is 0 Å². The van der Waals surface area contributed by atoms with Gasteiger partial charge in [-0.3, -0.25) is 9.59 Å². The molecule has 1 N–H and O–H groups in total. The molecule has 1 aliphatic heterocycles. The number of piperidine rings is 1. The molecule has 1 heterocycles. The van der Waals surface area contributed by atoms with Crippen molar-refractivity contribution in [1.82, 2.24) is 10.2 Å². The fourth-order valence-electron chi connectivity index (χ4n) is 4.41. The van der Waals surface area contributed by atoms with E-state index in [9.17, 15) is 9.59 Å². The van der Waals surface area contributed by atoms with E-state index >= 15 is 0 Å². The number of hydrogen-bond donors (Lipinski definition) is 1. The lowest BCUT2D eigenvalue weighted by Gasteiger charge is -2.42. The third kappa shape index (κ3) is 5.32. The number of ether oxygens (including phenoxy) is 1. The number of likely N-dealkylation sites (tertiary alicyclic amines) is 1.